The van der Waals surface area contributed by atoms with Crippen molar-refractivity contribution in [2.75, 3.05) is 6.54 Å². The third-order valence-corrected chi connectivity index (χ3v) is 3.17. The van der Waals surface area contributed by atoms with Crippen molar-refractivity contribution in [2.45, 2.75) is 38.8 Å². The van der Waals surface area contributed by atoms with Crippen LogP contribution in [-0.4, -0.2) is 23.5 Å². The monoisotopic (exact) mass is 305 g/mol. The van der Waals surface area contributed by atoms with Crippen molar-refractivity contribution < 1.29 is 4.79 Å². The Bertz CT molecular complexity index is 395. The van der Waals surface area contributed by atoms with E-state index in [-0.39, 0.29) is 36.8 Å². The smallest absolute Gasteiger partial charge is 0.237 e. The normalized spacial score (nSPS) is 17.8. The van der Waals surface area contributed by atoms with Crippen molar-refractivity contribution >= 4 is 30.7 Å². The first-order valence-electron chi connectivity index (χ1n) is 6.19. The Balaban J connectivity index is 0.00000162. The van der Waals surface area contributed by atoms with Gasteiger partial charge in [0.2, 0.25) is 5.91 Å². The van der Waals surface area contributed by atoms with Crippen molar-refractivity contribution in [2.24, 2.45) is 0 Å². The summed E-state index contributed by atoms with van der Waals surface area (Å²) in [5, 5.41) is 6.18. The van der Waals surface area contributed by atoms with Gasteiger partial charge in [-0.25, -0.2) is 0 Å². The Morgan fingerprint density at radius 2 is 2.26 bits per heavy atom. The second kappa shape index (κ2) is 9.13. The van der Waals surface area contributed by atoms with Crippen LogP contribution in [0.1, 0.15) is 30.5 Å². The predicted molar refractivity (Wildman–Crippen MR) is 81.0 cm³/mol. The molecule has 1 saturated heterocycles. The van der Waals surface area contributed by atoms with E-state index in [9.17, 15) is 4.79 Å². The van der Waals surface area contributed by atoms with E-state index >= 15 is 0 Å². The van der Waals surface area contributed by atoms with Gasteiger partial charge in [-0.15, -0.1) is 24.8 Å². The van der Waals surface area contributed by atoms with E-state index in [1.807, 2.05) is 19.1 Å². The molecule has 1 amide bonds. The summed E-state index contributed by atoms with van der Waals surface area (Å²) < 4.78 is 0. The number of pyridine rings is 1. The minimum atomic E-state index is -0.0206. The minimum Gasteiger partial charge on any atom is -0.349 e. The highest BCUT2D eigenvalue weighted by molar-refractivity contribution is 5.85. The topological polar surface area (TPSA) is 54.0 Å². The van der Waals surface area contributed by atoms with E-state index in [0.29, 0.717) is 6.54 Å². The molecule has 0 radical (unpaired) electrons. The molecule has 2 N–H and O–H groups in total. The Labute approximate surface area is 126 Å². The van der Waals surface area contributed by atoms with Gasteiger partial charge in [0.15, 0.2) is 0 Å². The SMILES string of the molecule is Cc1cccnc1CNC(=O)[C@@H]1CCCCN1.Cl.Cl. The zero-order valence-corrected chi connectivity index (χ0v) is 12.6. The molecule has 0 saturated carbocycles. The lowest BCUT2D eigenvalue weighted by Gasteiger charge is -2.22. The lowest BCUT2D eigenvalue weighted by Crippen LogP contribution is -2.46. The van der Waals surface area contributed by atoms with E-state index in [1.54, 1.807) is 6.20 Å². The lowest BCUT2D eigenvalue weighted by atomic mass is 10.0. The number of hydrogen-bond acceptors (Lipinski definition) is 3. The zero-order valence-electron chi connectivity index (χ0n) is 11.0. The number of nitrogens with one attached hydrogen (secondary N) is 2. The highest BCUT2D eigenvalue weighted by Gasteiger charge is 2.19. The van der Waals surface area contributed by atoms with Crippen LogP contribution in [0.4, 0.5) is 0 Å². The second-order valence-electron chi connectivity index (χ2n) is 4.49. The van der Waals surface area contributed by atoms with E-state index in [1.165, 1.54) is 6.42 Å². The highest BCUT2D eigenvalue weighted by Crippen LogP contribution is 2.07. The maximum atomic E-state index is 11.9. The quantitative estimate of drug-likeness (QED) is 0.898. The number of amides is 1. The fourth-order valence-corrected chi connectivity index (χ4v) is 2.07. The molecule has 0 spiro atoms. The molecule has 1 atom stereocenters. The molecule has 1 aliphatic heterocycles. The van der Waals surface area contributed by atoms with Gasteiger partial charge in [-0.1, -0.05) is 12.5 Å². The van der Waals surface area contributed by atoms with Crippen LogP contribution >= 0.6 is 24.8 Å². The van der Waals surface area contributed by atoms with E-state index in [4.69, 9.17) is 0 Å². The van der Waals surface area contributed by atoms with E-state index in [2.05, 4.69) is 15.6 Å². The van der Waals surface area contributed by atoms with Crippen LogP contribution in [0.3, 0.4) is 0 Å². The van der Waals surface area contributed by atoms with Gasteiger partial charge in [0.05, 0.1) is 18.3 Å². The molecule has 4 nitrogen and oxygen atoms in total. The first kappa shape index (κ1) is 18.2. The van der Waals surface area contributed by atoms with Gasteiger partial charge < -0.3 is 10.6 Å². The first-order valence-corrected chi connectivity index (χ1v) is 6.19. The molecule has 19 heavy (non-hydrogen) atoms. The van der Waals surface area contributed by atoms with Crippen LogP contribution in [0.2, 0.25) is 0 Å². The van der Waals surface area contributed by atoms with Crippen LogP contribution in [0, 0.1) is 6.92 Å². The summed E-state index contributed by atoms with van der Waals surface area (Å²) in [5.74, 6) is 0.0924. The van der Waals surface area contributed by atoms with Crippen molar-refractivity contribution in [3.63, 3.8) is 0 Å². The van der Waals surface area contributed by atoms with Crippen molar-refractivity contribution in [3.8, 4) is 0 Å². The van der Waals surface area contributed by atoms with E-state index < -0.39 is 0 Å². The summed E-state index contributed by atoms with van der Waals surface area (Å²) in [6.45, 7) is 3.47. The number of aryl methyl sites for hydroxylation is 1. The predicted octanol–water partition coefficient (Wildman–Crippen LogP) is 1.99. The molecule has 1 fully saturated rings. The third-order valence-electron chi connectivity index (χ3n) is 3.17. The van der Waals surface area contributed by atoms with Crippen molar-refractivity contribution in [3.05, 3.63) is 29.6 Å². The summed E-state index contributed by atoms with van der Waals surface area (Å²) >= 11 is 0. The maximum absolute atomic E-state index is 11.9. The van der Waals surface area contributed by atoms with Crippen molar-refractivity contribution in [1.29, 1.82) is 0 Å². The highest BCUT2D eigenvalue weighted by atomic mass is 35.5. The average Bonchev–Trinajstić information content (AvgIpc) is 2.38. The molecular formula is C13H21Cl2N3O. The molecule has 0 bridgehead atoms. The number of aromatic nitrogens is 1. The molecule has 2 heterocycles. The minimum absolute atomic E-state index is 0. The summed E-state index contributed by atoms with van der Waals surface area (Å²) in [6.07, 6.45) is 5.00. The summed E-state index contributed by atoms with van der Waals surface area (Å²) in [5.41, 5.74) is 2.06. The molecule has 0 unspecified atom stereocenters. The maximum Gasteiger partial charge on any atom is 0.237 e. The lowest BCUT2D eigenvalue weighted by molar-refractivity contribution is -0.123. The van der Waals surface area contributed by atoms with Crippen molar-refractivity contribution in [1.82, 2.24) is 15.6 Å². The van der Waals surface area contributed by atoms with Crippen LogP contribution in [0.15, 0.2) is 18.3 Å². The van der Waals surface area contributed by atoms with Gasteiger partial charge in [0.25, 0.3) is 0 Å². The standard InChI is InChI=1S/C13H19N3O.2ClH/c1-10-5-4-8-15-12(10)9-16-13(17)11-6-2-3-7-14-11;;/h4-5,8,11,14H,2-3,6-7,9H2,1H3,(H,16,17);2*1H/t11-;;/m0../s1. The Morgan fingerprint density at radius 3 is 2.89 bits per heavy atom. The molecule has 0 aliphatic carbocycles. The second-order valence-corrected chi connectivity index (χ2v) is 4.49. The van der Waals surface area contributed by atoms with Crippen LogP contribution in [0.5, 0.6) is 0 Å². The molecule has 6 heteroatoms. The molecule has 1 aromatic rings. The largest absolute Gasteiger partial charge is 0.349 e. The van der Waals surface area contributed by atoms with Gasteiger partial charge in [-0.3, -0.25) is 9.78 Å². The molecular weight excluding hydrogens is 285 g/mol. The van der Waals surface area contributed by atoms with Crippen LogP contribution in [-0.2, 0) is 11.3 Å². The average molecular weight is 306 g/mol. The van der Waals surface area contributed by atoms with E-state index in [0.717, 1.165) is 30.6 Å². The van der Waals surface area contributed by atoms with Crippen LogP contribution < -0.4 is 10.6 Å². The number of rotatable bonds is 3. The van der Waals surface area contributed by atoms with Gasteiger partial charge >= 0.3 is 0 Å². The Kier molecular flexibility index (Phi) is 8.72. The first-order chi connectivity index (χ1) is 8.27. The fraction of sp³-hybridized carbons (Fsp3) is 0.538. The third kappa shape index (κ3) is 5.35. The molecule has 108 valence electrons. The summed E-state index contributed by atoms with van der Waals surface area (Å²) in [6, 6.07) is 3.89. The summed E-state index contributed by atoms with van der Waals surface area (Å²) in [7, 11) is 0. The Morgan fingerprint density at radius 1 is 1.47 bits per heavy atom. The molecule has 1 aromatic heterocycles. The van der Waals surface area contributed by atoms with Crippen LogP contribution in [0.25, 0.3) is 0 Å². The van der Waals surface area contributed by atoms with Gasteiger partial charge in [-0.2, -0.15) is 0 Å². The number of nitrogens with zero attached hydrogens (tertiary/aromatic N) is 1. The zero-order chi connectivity index (χ0) is 12.1. The number of piperidine rings is 1. The number of carbonyl (C=O) groups excluding carboxylic acids is 1. The molecule has 2 rings (SSSR count). The Hall–Kier alpha value is -0.840. The molecule has 1 aliphatic rings. The van der Waals surface area contributed by atoms with Gasteiger partial charge in [-0.05, 0) is 37.9 Å². The van der Waals surface area contributed by atoms with Gasteiger partial charge in [0, 0.05) is 6.20 Å². The van der Waals surface area contributed by atoms with Gasteiger partial charge in [0.1, 0.15) is 0 Å². The summed E-state index contributed by atoms with van der Waals surface area (Å²) in [4.78, 5) is 16.1. The fourth-order valence-electron chi connectivity index (χ4n) is 2.07. The number of carbonyl (C=O) groups is 1. The number of hydrogen-bond donors (Lipinski definition) is 2. The molecule has 0 aromatic carbocycles. The number of halogens is 2.